The lowest BCUT2D eigenvalue weighted by molar-refractivity contribution is 1.12. The summed E-state index contributed by atoms with van der Waals surface area (Å²) >= 11 is 0. The minimum Gasteiger partial charge on any atom is -0.394 e. The highest BCUT2D eigenvalue weighted by atomic mass is 28.3. The number of anilines is 2. The van der Waals surface area contributed by atoms with E-state index in [0.717, 1.165) is 22.9 Å². The van der Waals surface area contributed by atoms with Crippen molar-refractivity contribution in [1.82, 2.24) is 19.2 Å². The van der Waals surface area contributed by atoms with Gasteiger partial charge >= 0.3 is 0 Å². The number of aromatic nitrogens is 4. The zero-order valence-electron chi connectivity index (χ0n) is 15.9. The van der Waals surface area contributed by atoms with Crippen molar-refractivity contribution in [3.8, 4) is 0 Å². The van der Waals surface area contributed by atoms with Crippen molar-refractivity contribution in [1.29, 1.82) is 0 Å². The lowest BCUT2D eigenvalue weighted by Crippen LogP contribution is -2.36. The lowest BCUT2D eigenvalue weighted by Gasteiger charge is -2.23. The maximum Gasteiger partial charge on any atom is 0.218 e. The molecule has 2 heterocycles. The first-order chi connectivity index (χ1) is 10.3. The molecule has 0 atom stereocenters. The van der Waals surface area contributed by atoms with Crippen LogP contribution in [0, 0.1) is 0 Å². The van der Waals surface area contributed by atoms with Crippen molar-refractivity contribution in [3.05, 3.63) is 6.33 Å². The van der Waals surface area contributed by atoms with E-state index in [2.05, 4.69) is 78.1 Å². The Hall–Kier alpha value is -1.20. The van der Waals surface area contributed by atoms with Crippen LogP contribution in [-0.4, -0.2) is 43.9 Å². The number of hydrogen-bond acceptors (Lipinski definition) is 5. The minimum atomic E-state index is -1.58. The van der Waals surface area contributed by atoms with Gasteiger partial charge in [0.1, 0.15) is 22.0 Å². The van der Waals surface area contributed by atoms with Crippen LogP contribution in [0.5, 0.6) is 0 Å². The first kappa shape index (κ1) is 18.1. The van der Waals surface area contributed by atoms with E-state index in [1.165, 1.54) is 0 Å². The Morgan fingerprint density at radius 2 is 1.39 bits per heavy atom. The number of imidazole rings is 1. The average molecular weight is 367 g/mol. The summed E-state index contributed by atoms with van der Waals surface area (Å²) in [5.74, 6) is 1.59. The molecule has 0 aliphatic heterocycles. The van der Waals surface area contributed by atoms with Crippen LogP contribution in [0.15, 0.2) is 6.33 Å². The quantitative estimate of drug-likeness (QED) is 0.783. The molecule has 0 unspecified atom stereocenters. The highest BCUT2D eigenvalue weighted by Gasteiger charge is 2.25. The number of fused-ring (bicyclic) bond motifs is 1. The highest BCUT2D eigenvalue weighted by Crippen LogP contribution is 2.25. The van der Waals surface area contributed by atoms with E-state index in [0.29, 0.717) is 0 Å². The molecule has 0 saturated carbocycles. The van der Waals surface area contributed by atoms with E-state index < -0.39 is 24.7 Å². The fourth-order valence-corrected chi connectivity index (χ4v) is 5.09. The van der Waals surface area contributed by atoms with Crippen molar-refractivity contribution in [2.75, 3.05) is 9.96 Å². The van der Waals surface area contributed by atoms with E-state index in [-0.39, 0.29) is 0 Å². The van der Waals surface area contributed by atoms with Gasteiger partial charge in [-0.05, 0) is 0 Å². The van der Waals surface area contributed by atoms with Gasteiger partial charge in [0.2, 0.25) is 5.95 Å². The third-order valence-corrected chi connectivity index (χ3v) is 6.83. The van der Waals surface area contributed by atoms with Gasteiger partial charge < -0.3 is 14.2 Å². The minimum absolute atomic E-state index is 0.720. The van der Waals surface area contributed by atoms with Crippen LogP contribution in [0.1, 0.15) is 0 Å². The summed E-state index contributed by atoms with van der Waals surface area (Å²) in [6.07, 6.45) is 1.93. The highest BCUT2D eigenvalue weighted by molar-refractivity contribution is 6.79. The zero-order chi connectivity index (χ0) is 17.6. The average Bonchev–Trinajstić information content (AvgIpc) is 2.67. The van der Waals surface area contributed by atoms with Gasteiger partial charge in [0.15, 0.2) is 19.7 Å². The lowest BCUT2D eigenvalue weighted by atomic mass is 10.5. The van der Waals surface area contributed by atoms with Gasteiger partial charge in [-0.2, -0.15) is 9.97 Å². The number of nitrogens with one attached hydrogen (secondary N) is 2. The summed E-state index contributed by atoms with van der Waals surface area (Å²) in [5, 5.41) is 0. The van der Waals surface area contributed by atoms with E-state index in [9.17, 15) is 0 Å². The molecule has 9 heteroatoms. The molecule has 0 radical (unpaired) electrons. The molecular formula is C14H30N6Si3. The maximum atomic E-state index is 4.80. The molecular weight excluding hydrogens is 336 g/mol. The van der Waals surface area contributed by atoms with E-state index >= 15 is 0 Å². The van der Waals surface area contributed by atoms with Crippen molar-refractivity contribution >= 4 is 47.6 Å². The SMILES string of the molecule is C[Si](C)(C)Nc1nc(N[Si](C)(C)C)c2ncn([Si](C)(C)C)c2n1. The van der Waals surface area contributed by atoms with Crippen LogP contribution in [-0.2, 0) is 0 Å². The van der Waals surface area contributed by atoms with Gasteiger partial charge in [0, 0.05) is 0 Å². The first-order valence-corrected chi connectivity index (χ1v) is 18.5. The summed E-state index contributed by atoms with van der Waals surface area (Å²) in [6.45, 7) is 20.5. The normalized spacial score (nSPS) is 13.4. The van der Waals surface area contributed by atoms with Crippen LogP contribution in [0.2, 0.25) is 58.9 Å². The van der Waals surface area contributed by atoms with Crippen LogP contribution in [0.4, 0.5) is 11.8 Å². The van der Waals surface area contributed by atoms with Gasteiger partial charge in [-0.1, -0.05) is 58.9 Å². The Bertz CT molecular complexity index is 706. The molecule has 0 aliphatic rings. The molecule has 2 aromatic heterocycles. The largest absolute Gasteiger partial charge is 0.394 e. The summed E-state index contributed by atoms with van der Waals surface area (Å²) in [5.41, 5.74) is 1.83. The van der Waals surface area contributed by atoms with Gasteiger partial charge in [0.05, 0.1) is 6.33 Å². The molecule has 0 spiro atoms. The second-order valence-electron chi connectivity index (χ2n) is 9.10. The van der Waals surface area contributed by atoms with E-state index in [1.54, 1.807) is 0 Å². The summed E-state index contributed by atoms with van der Waals surface area (Å²) in [4.78, 5) is 21.3. The molecule has 128 valence electrons. The fraction of sp³-hybridized carbons (Fsp3) is 0.643. The molecule has 6 nitrogen and oxygen atoms in total. The Kier molecular flexibility index (Phi) is 4.50. The van der Waals surface area contributed by atoms with Gasteiger partial charge in [-0.3, -0.25) is 0 Å². The number of rotatable bonds is 5. The van der Waals surface area contributed by atoms with E-state index in [4.69, 9.17) is 9.97 Å². The maximum absolute atomic E-state index is 4.80. The standard InChI is InChI=1S/C14H30N6Si3/c1-21(2,3)18-12-11-13(20(10-15-11)23(7,8)9)17-14(16-12)19-22(4,5)6/h10H,1-9H3,(H2,16,17,18,19). The molecule has 0 aliphatic carbocycles. The molecule has 0 amide bonds. The Morgan fingerprint density at radius 1 is 0.826 bits per heavy atom. The Labute approximate surface area is 142 Å². The third-order valence-electron chi connectivity index (χ3n) is 3.10. The molecule has 0 fully saturated rings. The molecule has 2 aromatic rings. The van der Waals surface area contributed by atoms with Crippen molar-refractivity contribution in [2.24, 2.45) is 0 Å². The molecule has 0 aromatic carbocycles. The summed E-state index contributed by atoms with van der Waals surface area (Å²) in [6, 6.07) is 0. The smallest absolute Gasteiger partial charge is 0.218 e. The molecule has 2 rings (SSSR count). The topological polar surface area (TPSA) is 67.7 Å². The van der Waals surface area contributed by atoms with Gasteiger partial charge in [-0.15, -0.1) is 0 Å². The summed E-state index contributed by atoms with van der Waals surface area (Å²) < 4.78 is 2.26. The number of nitrogens with zero attached hydrogens (tertiary/aromatic N) is 4. The molecule has 0 bridgehead atoms. The van der Waals surface area contributed by atoms with Crippen molar-refractivity contribution < 1.29 is 0 Å². The van der Waals surface area contributed by atoms with Crippen LogP contribution >= 0.6 is 0 Å². The van der Waals surface area contributed by atoms with Crippen LogP contribution < -0.4 is 9.96 Å². The Morgan fingerprint density at radius 3 is 1.87 bits per heavy atom. The zero-order valence-corrected chi connectivity index (χ0v) is 18.9. The predicted octanol–water partition coefficient (Wildman–Crippen LogP) is 4.00. The fourth-order valence-electron chi connectivity index (χ4n) is 2.22. The second kappa shape index (κ2) is 5.71. The predicted molar refractivity (Wildman–Crippen MR) is 108 cm³/mol. The van der Waals surface area contributed by atoms with Gasteiger partial charge in [0.25, 0.3) is 0 Å². The third kappa shape index (κ3) is 4.64. The summed E-state index contributed by atoms with van der Waals surface area (Å²) in [7, 11) is -4.63. The van der Waals surface area contributed by atoms with Crippen molar-refractivity contribution in [3.63, 3.8) is 0 Å². The monoisotopic (exact) mass is 366 g/mol. The Balaban J connectivity index is 2.65. The van der Waals surface area contributed by atoms with Crippen LogP contribution in [0.3, 0.4) is 0 Å². The first-order valence-electron chi connectivity index (χ1n) is 8.08. The number of hydrogen-bond donors (Lipinski definition) is 2. The van der Waals surface area contributed by atoms with Crippen LogP contribution in [0.25, 0.3) is 11.2 Å². The second-order valence-corrected chi connectivity index (χ2v) is 23.4. The van der Waals surface area contributed by atoms with Gasteiger partial charge in [-0.25, -0.2) is 4.98 Å². The molecule has 0 saturated heterocycles. The van der Waals surface area contributed by atoms with E-state index in [1.807, 2.05) is 6.33 Å². The van der Waals surface area contributed by atoms with Crippen molar-refractivity contribution in [2.45, 2.75) is 58.9 Å². The molecule has 23 heavy (non-hydrogen) atoms. The molecule has 2 N–H and O–H groups in total.